The van der Waals surface area contributed by atoms with Crippen molar-refractivity contribution in [3.05, 3.63) is 5.89 Å². The molecule has 0 bridgehead atoms. The summed E-state index contributed by atoms with van der Waals surface area (Å²) in [6.45, 7) is 4.59. The molecule has 1 atom stereocenters. The quantitative estimate of drug-likeness (QED) is 0.827. The van der Waals surface area contributed by atoms with Gasteiger partial charge in [-0.1, -0.05) is 18.9 Å². The molecule has 1 aromatic rings. The lowest BCUT2D eigenvalue weighted by molar-refractivity contribution is 0.377. The number of anilines is 1. The van der Waals surface area contributed by atoms with Crippen LogP contribution in [0, 0.1) is 5.41 Å². The average molecular weight is 244 g/mol. The number of halogens is 1. The molecule has 1 N–H and O–H groups in total. The summed E-state index contributed by atoms with van der Waals surface area (Å²) in [5, 5.41) is 11.2. The Morgan fingerprint density at radius 2 is 2.31 bits per heavy atom. The summed E-state index contributed by atoms with van der Waals surface area (Å²) in [5.74, 6) is 1.12. The van der Waals surface area contributed by atoms with Gasteiger partial charge in [-0.3, -0.25) is 0 Å². The normalized spacial score (nSPS) is 23.6. The minimum Gasteiger partial charge on any atom is -0.408 e. The Bertz CT molecular complexity index is 351. The van der Waals surface area contributed by atoms with E-state index in [2.05, 4.69) is 29.4 Å². The van der Waals surface area contributed by atoms with Crippen LogP contribution in [-0.4, -0.2) is 22.1 Å². The number of alkyl halides is 1. The van der Waals surface area contributed by atoms with Crippen LogP contribution in [0.15, 0.2) is 4.42 Å². The van der Waals surface area contributed by atoms with Gasteiger partial charge in [-0.15, -0.1) is 16.7 Å². The molecule has 90 valence electrons. The lowest BCUT2D eigenvalue weighted by Gasteiger charge is -2.16. The lowest BCUT2D eigenvalue weighted by Crippen LogP contribution is -2.17. The Kier molecular flexibility index (Phi) is 3.38. The maximum absolute atomic E-state index is 5.60. The third kappa shape index (κ3) is 2.88. The second-order valence-electron chi connectivity index (χ2n) is 5.19. The molecular formula is C11H18ClN3O. The van der Waals surface area contributed by atoms with Crippen LogP contribution in [0.3, 0.4) is 0 Å². The van der Waals surface area contributed by atoms with Crippen LogP contribution >= 0.6 is 11.6 Å². The molecule has 0 aliphatic heterocycles. The Morgan fingerprint density at radius 3 is 2.94 bits per heavy atom. The summed E-state index contributed by atoms with van der Waals surface area (Å²) in [6.07, 6.45) is 4.19. The lowest BCUT2D eigenvalue weighted by atomic mass is 9.92. The van der Waals surface area contributed by atoms with Crippen molar-refractivity contribution < 1.29 is 4.42 Å². The van der Waals surface area contributed by atoms with Crippen molar-refractivity contribution in [3.63, 3.8) is 0 Å². The molecule has 1 unspecified atom stereocenters. The zero-order chi connectivity index (χ0) is 11.6. The average Bonchev–Trinajstić information content (AvgIpc) is 2.75. The number of nitrogens with one attached hydrogen (secondary N) is 1. The van der Waals surface area contributed by atoms with E-state index in [1.807, 2.05) is 0 Å². The third-order valence-corrected chi connectivity index (χ3v) is 3.26. The van der Waals surface area contributed by atoms with Gasteiger partial charge in [-0.25, -0.2) is 0 Å². The van der Waals surface area contributed by atoms with Crippen LogP contribution in [0.5, 0.6) is 0 Å². The topological polar surface area (TPSA) is 51.0 Å². The zero-order valence-electron chi connectivity index (χ0n) is 9.79. The standard InChI is InChI=1S/C11H18ClN3O/c1-11(2)5-3-8(7-11)13-10-15-14-9(16-10)4-6-12/h8H,3-7H2,1-2H3,(H,13,15). The Labute approximate surface area is 101 Å². The summed E-state index contributed by atoms with van der Waals surface area (Å²) in [5.41, 5.74) is 0.427. The summed E-state index contributed by atoms with van der Waals surface area (Å²) < 4.78 is 5.44. The zero-order valence-corrected chi connectivity index (χ0v) is 10.5. The molecule has 0 saturated heterocycles. The monoisotopic (exact) mass is 243 g/mol. The molecular weight excluding hydrogens is 226 g/mol. The first kappa shape index (κ1) is 11.7. The highest BCUT2D eigenvalue weighted by Gasteiger charge is 2.31. The molecule has 0 spiro atoms. The van der Waals surface area contributed by atoms with Crippen LogP contribution < -0.4 is 5.32 Å². The molecule has 16 heavy (non-hydrogen) atoms. The Hall–Kier alpha value is -0.770. The molecule has 0 radical (unpaired) electrons. The molecule has 2 rings (SSSR count). The fourth-order valence-electron chi connectivity index (χ4n) is 2.23. The van der Waals surface area contributed by atoms with Gasteiger partial charge in [0.1, 0.15) is 0 Å². The highest BCUT2D eigenvalue weighted by Crippen LogP contribution is 2.38. The minimum absolute atomic E-state index is 0.427. The molecule has 1 aliphatic rings. The molecule has 5 heteroatoms. The first-order valence-electron chi connectivity index (χ1n) is 5.74. The van der Waals surface area contributed by atoms with E-state index in [0.29, 0.717) is 35.7 Å². The van der Waals surface area contributed by atoms with Gasteiger partial charge in [-0.05, 0) is 24.7 Å². The number of aryl methyl sites for hydroxylation is 1. The molecule has 4 nitrogen and oxygen atoms in total. The van der Waals surface area contributed by atoms with Crippen LogP contribution in [0.4, 0.5) is 6.01 Å². The van der Waals surface area contributed by atoms with Gasteiger partial charge in [0.05, 0.1) is 0 Å². The van der Waals surface area contributed by atoms with Crippen LogP contribution in [0.1, 0.15) is 39.0 Å². The van der Waals surface area contributed by atoms with E-state index in [1.165, 1.54) is 12.8 Å². The third-order valence-electron chi connectivity index (χ3n) is 3.07. The van der Waals surface area contributed by atoms with Gasteiger partial charge in [0.2, 0.25) is 5.89 Å². The maximum atomic E-state index is 5.60. The summed E-state index contributed by atoms with van der Waals surface area (Å²) >= 11 is 5.60. The largest absolute Gasteiger partial charge is 0.408 e. The van der Waals surface area contributed by atoms with E-state index in [0.717, 1.165) is 6.42 Å². The number of aromatic nitrogens is 2. The molecule has 1 fully saturated rings. The number of rotatable bonds is 4. The van der Waals surface area contributed by atoms with Gasteiger partial charge in [0.15, 0.2) is 0 Å². The van der Waals surface area contributed by atoms with Gasteiger partial charge in [0.25, 0.3) is 0 Å². The van der Waals surface area contributed by atoms with E-state index in [-0.39, 0.29) is 0 Å². The van der Waals surface area contributed by atoms with Crippen molar-refractivity contribution in [2.75, 3.05) is 11.2 Å². The van der Waals surface area contributed by atoms with Crippen molar-refractivity contribution in [1.82, 2.24) is 10.2 Å². The van der Waals surface area contributed by atoms with Gasteiger partial charge < -0.3 is 9.73 Å². The fourth-order valence-corrected chi connectivity index (χ4v) is 2.39. The van der Waals surface area contributed by atoms with Gasteiger partial charge in [-0.2, -0.15) is 0 Å². The molecule has 1 saturated carbocycles. The van der Waals surface area contributed by atoms with Crippen molar-refractivity contribution in [3.8, 4) is 0 Å². The number of nitrogens with zero attached hydrogens (tertiary/aromatic N) is 2. The molecule has 1 aromatic heterocycles. The van der Waals surface area contributed by atoms with Gasteiger partial charge >= 0.3 is 6.01 Å². The summed E-state index contributed by atoms with van der Waals surface area (Å²) in [7, 11) is 0. The smallest absolute Gasteiger partial charge is 0.315 e. The van der Waals surface area contributed by atoms with Crippen LogP contribution in [0.2, 0.25) is 0 Å². The second kappa shape index (κ2) is 4.62. The highest BCUT2D eigenvalue weighted by atomic mass is 35.5. The Morgan fingerprint density at radius 1 is 1.50 bits per heavy atom. The van der Waals surface area contributed by atoms with Crippen molar-refractivity contribution >= 4 is 17.6 Å². The molecule has 1 aliphatic carbocycles. The SMILES string of the molecule is CC1(C)CCC(Nc2nnc(CCCl)o2)C1. The van der Waals surface area contributed by atoms with Crippen LogP contribution in [0.25, 0.3) is 0 Å². The first-order valence-corrected chi connectivity index (χ1v) is 6.27. The Balaban J connectivity index is 1.89. The molecule has 0 aromatic carbocycles. The first-order chi connectivity index (χ1) is 7.59. The predicted molar refractivity (Wildman–Crippen MR) is 63.8 cm³/mol. The number of hydrogen-bond acceptors (Lipinski definition) is 4. The van der Waals surface area contributed by atoms with E-state index in [9.17, 15) is 0 Å². The van der Waals surface area contributed by atoms with Crippen molar-refractivity contribution in [2.24, 2.45) is 5.41 Å². The summed E-state index contributed by atoms with van der Waals surface area (Å²) in [4.78, 5) is 0. The highest BCUT2D eigenvalue weighted by molar-refractivity contribution is 6.17. The predicted octanol–water partition coefficient (Wildman–Crippen LogP) is 2.84. The van der Waals surface area contributed by atoms with E-state index < -0.39 is 0 Å². The minimum atomic E-state index is 0.427. The van der Waals surface area contributed by atoms with Crippen molar-refractivity contribution in [2.45, 2.75) is 45.6 Å². The maximum Gasteiger partial charge on any atom is 0.315 e. The van der Waals surface area contributed by atoms with Gasteiger partial charge in [0, 0.05) is 18.3 Å². The number of hydrogen-bond donors (Lipinski definition) is 1. The van der Waals surface area contributed by atoms with E-state index in [1.54, 1.807) is 0 Å². The second-order valence-corrected chi connectivity index (χ2v) is 5.57. The molecule has 0 amide bonds. The van der Waals surface area contributed by atoms with E-state index >= 15 is 0 Å². The summed E-state index contributed by atoms with van der Waals surface area (Å²) in [6, 6.07) is 0.988. The van der Waals surface area contributed by atoms with Crippen LogP contribution in [-0.2, 0) is 6.42 Å². The molecule has 1 heterocycles. The van der Waals surface area contributed by atoms with E-state index in [4.69, 9.17) is 16.0 Å². The fraction of sp³-hybridized carbons (Fsp3) is 0.818. The van der Waals surface area contributed by atoms with Crippen molar-refractivity contribution in [1.29, 1.82) is 0 Å².